The lowest BCUT2D eigenvalue weighted by Crippen LogP contribution is -2.35. The maximum atomic E-state index is 12.8. The number of carbonyl (C=O) groups excluding carboxylic acids is 2. The van der Waals surface area contributed by atoms with Gasteiger partial charge in [-0.15, -0.1) is 0 Å². The predicted molar refractivity (Wildman–Crippen MR) is 133 cm³/mol. The van der Waals surface area contributed by atoms with Crippen molar-refractivity contribution in [3.05, 3.63) is 53.5 Å². The number of benzene rings is 1. The Bertz CT molecular complexity index is 1260. The molecule has 3 aliphatic rings. The Balaban J connectivity index is 1.39. The molecular formula is C25H24N4O5S. The van der Waals surface area contributed by atoms with Crippen molar-refractivity contribution in [3.8, 4) is 11.5 Å². The van der Waals surface area contributed by atoms with Crippen molar-refractivity contribution in [2.24, 2.45) is 16.0 Å². The van der Waals surface area contributed by atoms with Crippen molar-refractivity contribution in [2.75, 3.05) is 6.61 Å². The molecule has 1 fully saturated rings. The first-order valence-corrected chi connectivity index (χ1v) is 12.4. The van der Waals surface area contributed by atoms with Gasteiger partial charge in [0, 0.05) is 5.92 Å². The number of hydrogen-bond donors (Lipinski definition) is 1. The van der Waals surface area contributed by atoms with E-state index in [2.05, 4.69) is 10.1 Å². The van der Waals surface area contributed by atoms with Crippen LogP contribution in [-0.2, 0) is 4.79 Å². The number of amidine groups is 2. The van der Waals surface area contributed by atoms with Crippen LogP contribution in [0, 0.1) is 11.3 Å². The fourth-order valence-electron chi connectivity index (χ4n) is 4.20. The van der Waals surface area contributed by atoms with Crippen LogP contribution in [0.5, 0.6) is 11.5 Å². The number of thioether (sulfide) groups is 1. The smallest absolute Gasteiger partial charge is 0.379 e. The molecule has 5 rings (SSSR count). The summed E-state index contributed by atoms with van der Waals surface area (Å²) in [5, 5.41) is 16.1. The molecule has 10 heteroatoms. The maximum Gasteiger partial charge on any atom is 0.379 e. The zero-order valence-corrected chi connectivity index (χ0v) is 20.0. The molecule has 1 aromatic heterocycles. The maximum absolute atomic E-state index is 12.8. The third-order valence-corrected chi connectivity index (χ3v) is 7.00. The lowest BCUT2D eigenvalue weighted by Gasteiger charge is -2.20. The first kappa shape index (κ1) is 23.1. The van der Waals surface area contributed by atoms with Crippen molar-refractivity contribution >= 4 is 45.8 Å². The van der Waals surface area contributed by atoms with Crippen molar-refractivity contribution in [1.82, 2.24) is 5.01 Å². The van der Waals surface area contributed by atoms with Gasteiger partial charge in [-0.25, -0.2) is 4.79 Å². The van der Waals surface area contributed by atoms with Crippen LogP contribution in [0.1, 0.15) is 55.1 Å². The van der Waals surface area contributed by atoms with Gasteiger partial charge in [0.15, 0.2) is 17.3 Å². The summed E-state index contributed by atoms with van der Waals surface area (Å²) < 4.78 is 16.1. The number of ether oxygens (including phenoxy) is 2. The summed E-state index contributed by atoms with van der Waals surface area (Å²) >= 11 is 1.39. The molecule has 2 aliphatic heterocycles. The Morgan fingerprint density at radius 1 is 1.26 bits per heavy atom. The molecule has 0 unspecified atom stereocenters. The minimum absolute atomic E-state index is 0.00964. The fourth-order valence-corrected chi connectivity index (χ4v) is 5.26. The number of furan rings is 1. The minimum atomic E-state index is -0.647. The van der Waals surface area contributed by atoms with Gasteiger partial charge in [0.1, 0.15) is 5.04 Å². The van der Waals surface area contributed by atoms with E-state index >= 15 is 0 Å². The van der Waals surface area contributed by atoms with Crippen LogP contribution < -0.4 is 9.47 Å². The molecule has 3 heterocycles. The summed E-state index contributed by atoms with van der Waals surface area (Å²) in [4.78, 5) is 29.3. The lowest BCUT2D eigenvalue weighted by atomic mass is 9.90. The second kappa shape index (κ2) is 9.91. The number of amides is 1. The highest BCUT2D eigenvalue weighted by Crippen LogP contribution is 2.37. The van der Waals surface area contributed by atoms with Crippen LogP contribution in [0.25, 0.3) is 6.08 Å². The average Bonchev–Trinajstić information content (AvgIpc) is 3.55. The van der Waals surface area contributed by atoms with Gasteiger partial charge in [-0.3, -0.25) is 10.2 Å². The number of esters is 1. The van der Waals surface area contributed by atoms with E-state index in [-0.39, 0.29) is 22.9 Å². The van der Waals surface area contributed by atoms with E-state index in [0.29, 0.717) is 29.0 Å². The van der Waals surface area contributed by atoms with Crippen LogP contribution in [0.15, 0.2) is 56.7 Å². The summed E-state index contributed by atoms with van der Waals surface area (Å²) in [6.45, 7) is 2.16. The average molecular weight is 493 g/mol. The Morgan fingerprint density at radius 3 is 2.83 bits per heavy atom. The number of hydrogen-bond acceptors (Lipinski definition) is 8. The lowest BCUT2D eigenvalue weighted by molar-refractivity contribution is -0.114. The quantitative estimate of drug-likeness (QED) is 0.339. The largest absolute Gasteiger partial charge is 0.490 e. The number of carbonyl (C=O) groups is 2. The predicted octanol–water partition coefficient (Wildman–Crippen LogP) is 5.10. The standard InChI is InChI=1S/C25H24N4O5S/c1-2-32-20-14-15(10-11-18(20)34-24(31)19-9-6-12-33-19)13-17-21(26)29-25(27-22(17)30)35-23(28-29)16-7-4-3-5-8-16/h6,9-14,16,26H,2-5,7-8H2,1H3. The number of nitrogens with one attached hydrogen (secondary N) is 1. The molecule has 0 bridgehead atoms. The van der Waals surface area contributed by atoms with Crippen molar-refractivity contribution in [3.63, 3.8) is 0 Å². The number of aliphatic imine (C=N–C) groups is 1. The number of nitrogens with zero attached hydrogens (tertiary/aromatic N) is 3. The van der Waals surface area contributed by atoms with Crippen LogP contribution in [0.3, 0.4) is 0 Å². The molecule has 1 aliphatic carbocycles. The fraction of sp³-hybridized carbons (Fsp3) is 0.320. The Kier molecular flexibility index (Phi) is 6.54. The molecule has 0 radical (unpaired) electrons. The summed E-state index contributed by atoms with van der Waals surface area (Å²) in [5.41, 5.74) is 0.729. The third-order valence-electron chi connectivity index (χ3n) is 5.93. The summed E-state index contributed by atoms with van der Waals surface area (Å²) in [5.74, 6) is -0.155. The van der Waals surface area contributed by atoms with Gasteiger partial charge >= 0.3 is 5.97 Å². The highest BCUT2D eigenvalue weighted by molar-refractivity contribution is 8.27. The molecule has 0 saturated heterocycles. The van der Waals surface area contributed by atoms with Crippen LogP contribution in [-0.4, -0.2) is 39.5 Å². The van der Waals surface area contributed by atoms with Gasteiger partial charge in [0.25, 0.3) is 5.91 Å². The van der Waals surface area contributed by atoms with Gasteiger partial charge in [-0.05, 0) is 67.4 Å². The molecule has 1 amide bonds. The zero-order chi connectivity index (χ0) is 24.4. The van der Waals surface area contributed by atoms with E-state index in [4.69, 9.17) is 19.3 Å². The van der Waals surface area contributed by atoms with Crippen LogP contribution >= 0.6 is 11.8 Å². The van der Waals surface area contributed by atoms with E-state index < -0.39 is 11.9 Å². The molecule has 1 aromatic carbocycles. The molecule has 2 aromatic rings. The van der Waals surface area contributed by atoms with Gasteiger partial charge in [-0.2, -0.15) is 15.1 Å². The van der Waals surface area contributed by atoms with E-state index in [1.807, 2.05) is 6.92 Å². The normalized spacial score (nSPS) is 19.5. The third kappa shape index (κ3) is 4.79. The molecule has 1 saturated carbocycles. The Hall–Kier alpha value is -3.66. The molecule has 35 heavy (non-hydrogen) atoms. The summed E-state index contributed by atoms with van der Waals surface area (Å²) in [6, 6.07) is 8.01. The zero-order valence-electron chi connectivity index (χ0n) is 19.2. The monoisotopic (exact) mass is 492 g/mol. The van der Waals surface area contributed by atoms with Gasteiger partial charge < -0.3 is 13.9 Å². The number of fused-ring (bicyclic) bond motifs is 1. The Labute approximate surface area is 206 Å². The van der Waals surface area contributed by atoms with E-state index in [9.17, 15) is 9.59 Å². The number of hydrazone groups is 1. The van der Waals surface area contributed by atoms with E-state index in [0.717, 1.165) is 17.9 Å². The topological polar surface area (TPSA) is 118 Å². The van der Waals surface area contributed by atoms with Crippen LogP contribution in [0.2, 0.25) is 0 Å². The van der Waals surface area contributed by atoms with Crippen molar-refractivity contribution in [1.29, 1.82) is 5.41 Å². The first-order valence-electron chi connectivity index (χ1n) is 11.6. The molecule has 0 atom stereocenters. The minimum Gasteiger partial charge on any atom is -0.490 e. The molecule has 9 nitrogen and oxygen atoms in total. The highest BCUT2D eigenvalue weighted by atomic mass is 32.2. The van der Waals surface area contributed by atoms with Gasteiger partial charge in [0.2, 0.25) is 10.9 Å². The Morgan fingerprint density at radius 2 is 2.09 bits per heavy atom. The first-order chi connectivity index (χ1) is 17.0. The van der Waals surface area contributed by atoms with E-state index in [1.165, 1.54) is 48.4 Å². The SMILES string of the molecule is CCOc1cc(C=C2C(=N)N3N=C(C4CCCCC4)SC3=NC2=O)ccc1OC(=O)c1ccco1. The van der Waals surface area contributed by atoms with Crippen molar-refractivity contribution in [2.45, 2.75) is 39.0 Å². The van der Waals surface area contributed by atoms with Crippen molar-refractivity contribution < 1.29 is 23.5 Å². The molecule has 1 N–H and O–H groups in total. The highest BCUT2D eigenvalue weighted by Gasteiger charge is 2.38. The number of rotatable bonds is 6. The summed E-state index contributed by atoms with van der Waals surface area (Å²) in [7, 11) is 0. The second-order valence-corrected chi connectivity index (χ2v) is 9.29. The molecule has 0 spiro atoms. The van der Waals surface area contributed by atoms with Gasteiger partial charge in [0.05, 0.1) is 18.4 Å². The summed E-state index contributed by atoms with van der Waals surface area (Å²) in [6.07, 6.45) is 8.71. The molecule has 180 valence electrons. The molecular weight excluding hydrogens is 468 g/mol. The van der Waals surface area contributed by atoms with Gasteiger partial charge in [-0.1, -0.05) is 25.3 Å². The van der Waals surface area contributed by atoms with E-state index in [1.54, 1.807) is 30.3 Å². The van der Waals surface area contributed by atoms with Crippen LogP contribution in [0.4, 0.5) is 0 Å². The second-order valence-electron chi connectivity index (χ2n) is 8.30.